The summed E-state index contributed by atoms with van der Waals surface area (Å²) < 4.78 is 4.35. The molecule has 1 atom stereocenters. The molecule has 2 N–H and O–H groups in total. The lowest BCUT2D eigenvalue weighted by Gasteiger charge is -2.14. The van der Waals surface area contributed by atoms with Crippen LogP contribution >= 0.6 is 15.9 Å². The van der Waals surface area contributed by atoms with E-state index < -0.39 is 10.4 Å². The van der Waals surface area contributed by atoms with Crippen molar-refractivity contribution in [2.24, 2.45) is 0 Å². The van der Waals surface area contributed by atoms with Crippen molar-refractivity contribution in [3.05, 3.63) is 0 Å². The van der Waals surface area contributed by atoms with Gasteiger partial charge in [-0.05, 0) is 33.1 Å². The summed E-state index contributed by atoms with van der Waals surface area (Å²) in [6, 6.07) is 0. The quantitative estimate of drug-likeness (QED) is 0.419. The van der Waals surface area contributed by atoms with Crippen molar-refractivity contribution in [1.82, 2.24) is 0 Å². The normalized spacial score (nSPS) is 13.7. The second-order valence-corrected chi connectivity index (χ2v) is 5.92. The Kier molecular flexibility index (Phi) is 7.13. The maximum absolute atomic E-state index is 11.3. The highest BCUT2D eigenvalue weighted by atomic mass is 79.9. The minimum Gasteiger partial charge on any atom is -0.465 e. The van der Waals surface area contributed by atoms with Gasteiger partial charge in [0, 0.05) is 0 Å². The molecular formula is C10H19BrO4. The number of aliphatic hydroxyl groups is 2. The van der Waals surface area contributed by atoms with Crippen molar-refractivity contribution < 1.29 is 19.7 Å². The fraction of sp³-hybridized carbons (Fsp3) is 0.900. The van der Waals surface area contributed by atoms with Crippen LogP contribution in [0, 0.1) is 0 Å². The van der Waals surface area contributed by atoms with E-state index in [-0.39, 0.29) is 12.6 Å². The molecule has 0 rings (SSSR count). The summed E-state index contributed by atoms with van der Waals surface area (Å²) >= 11 is 3.20. The molecule has 0 heterocycles. The van der Waals surface area contributed by atoms with Crippen LogP contribution < -0.4 is 0 Å². The van der Waals surface area contributed by atoms with Crippen molar-refractivity contribution in [3.8, 4) is 0 Å². The maximum Gasteiger partial charge on any atom is 0.322 e. The van der Waals surface area contributed by atoms with Gasteiger partial charge in [0.2, 0.25) is 0 Å². The van der Waals surface area contributed by atoms with Crippen LogP contribution in [0.1, 0.15) is 33.1 Å². The van der Waals surface area contributed by atoms with Gasteiger partial charge in [-0.25, -0.2) is 0 Å². The zero-order valence-corrected chi connectivity index (χ0v) is 10.8. The standard InChI is InChI=1S/C10H19BrO4/c1-10(2,11)9(14)15-6-4-3-5-8(13)7-12/h8,12-13H,3-7H2,1-2H3. The van der Waals surface area contributed by atoms with Crippen LogP contribution in [-0.4, -0.2) is 39.8 Å². The van der Waals surface area contributed by atoms with Crippen molar-refractivity contribution in [2.75, 3.05) is 13.2 Å². The van der Waals surface area contributed by atoms with E-state index in [0.29, 0.717) is 19.4 Å². The van der Waals surface area contributed by atoms with Crippen molar-refractivity contribution >= 4 is 21.9 Å². The number of aliphatic hydroxyl groups excluding tert-OH is 2. The molecule has 0 amide bonds. The second kappa shape index (κ2) is 7.19. The minimum absolute atomic E-state index is 0.214. The van der Waals surface area contributed by atoms with E-state index in [4.69, 9.17) is 14.9 Å². The van der Waals surface area contributed by atoms with E-state index in [1.165, 1.54) is 0 Å². The van der Waals surface area contributed by atoms with E-state index in [1.807, 2.05) is 0 Å². The van der Waals surface area contributed by atoms with Gasteiger partial charge in [0.1, 0.15) is 4.32 Å². The number of alkyl halides is 1. The molecule has 15 heavy (non-hydrogen) atoms. The first-order valence-corrected chi connectivity index (χ1v) is 5.82. The fourth-order valence-electron chi connectivity index (χ4n) is 0.910. The summed E-state index contributed by atoms with van der Waals surface area (Å²) in [6.07, 6.45) is 1.31. The SMILES string of the molecule is CC(C)(Br)C(=O)OCCCCC(O)CO. The zero-order chi connectivity index (χ0) is 11.9. The Bertz CT molecular complexity index is 188. The number of carbonyl (C=O) groups is 1. The average Bonchev–Trinajstić information content (AvgIpc) is 2.15. The molecule has 5 heteroatoms. The van der Waals surface area contributed by atoms with Gasteiger partial charge in [0.15, 0.2) is 0 Å². The lowest BCUT2D eigenvalue weighted by molar-refractivity contribution is -0.145. The van der Waals surface area contributed by atoms with Crippen LogP contribution in [-0.2, 0) is 9.53 Å². The van der Waals surface area contributed by atoms with E-state index in [2.05, 4.69) is 15.9 Å². The number of esters is 1. The second-order valence-electron chi connectivity index (χ2n) is 3.94. The number of halogens is 1. The molecule has 0 aliphatic carbocycles. The maximum atomic E-state index is 11.3. The molecule has 0 aliphatic heterocycles. The van der Waals surface area contributed by atoms with Gasteiger partial charge >= 0.3 is 5.97 Å². The van der Waals surface area contributed by atoms with Crippen LogP contribution in [0.2, 0.25) is 0 Å². The molecule has 0 saturated heterocycles. The zero-order valence-electron chi connectivity index (χ0n) is 9.20. The first-order valence-electron chi connectivity index (χ1n) is 5.03. The highest BCUT2D eigenvalue weighted by Gasteiger charge is 2.24. The summed E-state index contributed by atoms with van der Waals surface area (Å²) in [6.45, 7) is 3.59. The Morgan fingerprint density at radius 2 is 2.07 bits per heavy atom. The lowest BCUT2D eigenvalue weighted by atomic mass is 10.2. The molecule has 0 aliphatic rings. The molecule has 0 radical (unpaired) electrons. The van der Waals surface area contributed by atoms with E-state index in [9.17, 15) is 4.79 Å². The smallest absolute Gasteiger partial charge is 0.322 e. The van der Waals surface area contributed by atoms with Crippen LogP contribution in [0.15, 0.2) is 0 Å². The van der Waals surface area contributed by atoms with Crippen molar-refractivity contribution in [2.45, 2.75) is 43.5 Å². The summed E-state index contributed by atoms with van der Waals surface area (Å²) in [7, 11) is 0. The topological polar surface area (TPSA) is 66.8 Å². The molecule has 0 aromatic rings. The molecule has 90 valence electrons. The molecule has 1 unspecified atom stereocenters. The van der Waals surface area contributed by atoms with E-state index >= 15 is 0 Å². The first-order chi connectivity index (χ1) is 6.88. The Hall–Kier alpha value is -0.130. The summed E-state index contributed by atoms with van der Waals surface area (Å²) in [4.78, 5) is 11.3. The summed E-state index contributed by atoms with van der Waals surface area (Å²) in [5.41, 5.74) is 0. The Morgan fingerprint density at radius 1 is 1.47 bits per heavy atom. The molecule has 0 fully saturated rings. The number of hydrogen-bond donors (Lipinski definition) is 2. The van der Waals surface area contributed by atoms with Gasteiger partial charge in [0.25, 0.3) is 0 Å². The third kappa shape index (κ3) is 7.76. The van der Waals surface area contributed by atoms with Gasteiger partial charge in [0.05, 0.1) is 19.3 Å². The third-order valence-electron chi connectivity index (χ3n) is 1.86. The first kappa shape index (κ1) is 14.9. The fourth-order valence-corrected chi connectivity index (χ4v) is 1.02. The van der Waals surface area contributed by atoms with Gasteiger partial charge in [-0.2, -0.15) is 0 Å². The van der Waals surface area contributed by atoms with Crippen LogP contribution in [0.5, 0.6) is 0 Å². The third-order valence-corrected chi connectivity index (χ3v) is 2.18. The minimum atomic E-state index is -0.659. The number of carbonyl (C=O) groups excluding carboxylic acids is 1. The van der Waals surface area contributed by atoms with Crippen LogP contribution in [0.4, 0.5) is 0 Å². The van der Waals surface area contributed by atoms with E-state index in [1.54, 1.807) is 13.8 Å². The molecule has 0 spiro atoms. The molecule has 0 bridgehead atoms. The van der Waals surface area contributed by atoms with Crippen LogP contribution in [0.3, 0.4) is 0 Å². The Labute approximate surface area is 98.8 Å². The lowest BCUT2D eigenvalue weighted by Crippen LogP contribution is -2.26. The van der Waals surface area contributed by atoms with Gasteiger partial charge in [-0.1, -0.05) is 15.9 Å². The van der Waals surface area contributed by atoms with Gasteiger partial charge in [-0.15, -0.1) is 0 Å². The predicted octanol–water partition coefficient (Wildman–Crippen LogP) is 1.23. The van der Waals surface area contributed by atoms with Crippen LogP contribution in [0.25, 0.3) is 0 Å². The number of unbranched alkanes of at least 4 members (excludes halogenated alkanes) is 1. The Balaban J connectivity index is 3.44. The summed E-state index contributed by atoms with van der Waals surface area (Å²) in [5.74, 6) is -0.287. The van der Waals surface area contributed by atoms with Gasteiger partial charge < -0.3 is 14.9 Å². The average molecular weight is 283 g/mol. The molecule has 0 aromatic heterocycles. The number of rotatable bonds is 7. The van der Waals surface area contributed by atoms with Crippen molar-refractivity contribution in [3.63, 3.8) is 0 Å². The summed E-state index contributed by atoms with van der Waals surface area (Å²) in [5, 5.41) is 17.6. The highest BCUT2D eigenvalue weighted by Crippen LogP contribution is 2.17. The number of hydrogen-bond acceptors (Lipinski definition) is 4. The van der Waals surface area contributed by atoms with E-state index in [0.717, 1.165) is 6.42 Å². The van der Waals surface area contributed by atoms with Crippen molar-refractivity contribution in [1.29, 1.82) is 0 Å². The molecule has 4 nitrogen and oxygen atoms in total. The molecular weight excluding hydrogens is 264 g/mol. The Morgan fingerprint density at radius 3 is 2.53 bits per heavy atom. The number of ether oxygens (including phenoxy) is 1. The molecule has 0 saturated carbocycles. The largest absolute Gasteiger partial charge is 0.465 e. The van der Waals surface area contributed by atoms with Gasteiger partial charge in [-0.3, -0.25) is 4.79 Å². The monoisotopic (exact) mass is 282 g/mol. The molecule has 0 aromatic carbocycles. The predicted molar refractivity (Wildman–Crippen MR) is 60.9 cm³/mol. The highest BCUT2D eigenvalue weighted by molar-refractivity contribution is 9.10.